The van der Waals surface area contributed by atoms with Crippen molar-refractivity contribution in [2.24, 2.45) is 0 Å². The lowest BCUT2D eigenvalue weighted by molar-refractivity contribution is 0.491. The Morgan fingerprint density at radius 3 is 2.79 bits per heavy atom. The first-order valence-corrected chi connectivity index (χ1v) is 7.95. The molecule has 0 amide bonds. The third-order valence-corrected chi connectivity index (χ3v) is 5.70. The van der Waals surface area contributed by atoms with Crippen LogP contribution in [0.3, 0.4) is 0 Å². The highest BCUT2D eigenvalue weighted by Gasteiger charge is 2.22. The Labute approximate surface area is 97.2 Å². The van der Waals surface area contributed by atoms with E-state index < -0.39 is 0 Å². The van der Waals surface area contributed by atoms with Crippen LogP contribution in [0.25, 0.3) is 0 Å². The number of unbranched alkanes of at least 4 members (excludes halogenated alkanes) is 2. The molecule has 2 unspecified atom stereocenters. The van der Waals surface area contributed by atoms with Gasteiger partial charge in [0.2, 0.25) is 0 Å². The van der Waals surface area contributed by atoms with Gasteiger partial charge in [0, 0.05) is 28.6 Å². The van der Waals surface area contributed by atoms with Crippen molar-refractivity contribution in [1.82, 2.24) is 5.32 Å². The molecule has 1 heterocycles. The van der Waals surface area contributed by atoms with Gasteiger partial charge in [-0.3, -0.25) is 0 Å². The highest BCUT2D eigenvalue weighted by atomic mass is 32.2. The van der Waals surface area contributed by atoms with Crippen LogP contribution in [0.15, 0.2) is 0 Å². The first-order chi connectivity index (χ1) is 6.88. The molecule has 1 fully saturated rings. The van der Waals surface area contributed by atoms with Crippen LogP contribution < -0.4 is 5.32 Å². The maximum absolute atomic E-state index is 3.50. The Hall–Kier alpha value is 0.660. The zero-order valence-electron chi connectivity index (χ0n) is 9.42. The summed E-state index contributed by atoms with van der Waals surface area (Å²) in [6.07, 6.45) is 5.48. The summed E-state index contributed by atoms with van der Waals surface area (Å²) in [5.74, 6) is 4.05. The number of hydrogen-bond donors (Lipinski definition) is 1. The summed E-state index contributed by atoms with van der Waals surface area (Å²) in [7, 11) is 2.12. The van der Waals surface area contributed by atoms with Gasteiger partial charge < -0.3 is 5.32 Å². The van der Waals surface area contributed by atoms with E-state index in [2.05, 4.69) is 42.8 Å². The van der Waals surface area contributed by atoms with Crippen molar-refractivity contribution < 1.29 is 0 Å². The molecule has 14 heavy (non-hydrogen) atoms. The Morgan fingerprint density at radius 1 is 1.36 bits per heavy atom. The fourth-order valence-electron chi connectivity index (χ4n) is 1.87. The largest absolute Gasteiger partial charge is 0.316 e. The number of thioether (sulfide) groups is 2. The second-order valence-electron chi connectivity index (χ2n) is 3.88. The maximum atomic E-state index is 3.50. The molecule has 3 heteroatoms. The Balaban J connectivity index is 2.21. The fourth-order valence-corrected chi connectivity index (χ4v) is 4.84. The summed E-state index contributed by atoms with van der Waals surface area (Å²) < 4.78 is 0. The molecule has 0 spiro atoms. The summed E-state index contributed by atoms with van der Waals surface area (Å²) >= 11 is 4.30. The Bertz CT molecular complexity index is 135. The molecule has 1 saturated heterocycles. The first-order valence-electron chi connectivity index (χ1n) is 5.75. The van der Waals surface area contributed by atoms with E-state index in [-0.39, 0.29) is 0 Å². The van der Waals surface area contributed by atoms with Gasteiger partial charge in [-0.1, -0.05) is 26.2 Å². The minimum absolute atomic E-state index is 0.749. The van der Waals surface area contributed by atoms with Crippen molar-refractivity contribution in [3.05, 3.63) is 0 Å². The Kier molecular flexibility index (Phi) is 7.17. The monoisotopic (exact) mass is 233 g/mol. The van der Waals surface area contributed by atoms with Gasteiger partial charge in [-0.2, -0.15) is 23.5 Å². The fraction of sp³-hybridized carbons (Fsp3) is 1.00. The molecule has 0 radical (unpaired) electrons. The van der Waals surface area contributed by atoms with Gasteiger partial charge in [0.15, 0.2) is 0 Å². The molecule has 1 rings (SSSR count). The van der Waals surface area contributed by atoms with E-state index in [9.17, 15) is 0 Å². The molecule has 2 atom stereocenters. The van der Waals surface area contributed by atoms with Crippen molar-refractivity contribution in [3.8, 4) is 0 Å². The van der Waals surface area contributed by atoms with Crippen LogP contribution >= 0.6 is 23.5 Å². The van der Waals surface area contributed by atoms with E-state index in [0.29, 0.717) is 0 Å². The summed E-state index contributed by atoms with van der Waals surface area (Å²) in [6, 6.07) is 0.749. The molecule has 84 valence electrons. The van der Waals surface area contributed by atoms with Gasteiger partial charge in [0.1, 0.15) is 0 Å². The molecule has 1 nitrogen and oxygen atoms in total. The van der Waals surface area contributed by atoms with E-state index in [1.54, 1.807) is 0 Å². The molecule has 0 saturated carbocycles. The Morgan fingerprint density at radius 2 is 2.21 bits per heavy atom. The van der Waals surface area contributed by atoms with Crippen LogP contribution in [0.2, 0.25) is 0 Å². The van der Waals surface area contributed by atoms with Crippen molar-refractivity contribution in [2.45, 2.75) is 43.9 Å². The van der Waals surface area contributed by atoms with Crippen molar-refractivity contribution in [3.63, 3.8) is 0 Å². The van der Waals surface area contributed by atoms with Crippen LogP contribution in [0.5, 0.6) is 0 Å². The van der Waals surface area contributed by atoms with Crippen LogP contribution in [0.1, 0.15) is 32.6 Å². The third kappa shape index (κ3) is 4.45. The summed E-state index contributed by atoms with van der Waals surface area (Å²) in [6.45, 7) is 2.28. The van der Waals surface area contributed by atoms with Crippen LogP contribution in [-0.2, 0) is 0 Å². The molecular formula is C11H23NS2. The zero-order valence-corrected chi connectivity index (χ0v) is 11.1. The quantitative estimate of drug-likeness (QED) is 0.708. The lowest BCUT2D eigenvalue weighted by Crippen LogP contribution is -2.38. The highest BCUT2D eigenvalue weighted by molar-refractivity contribution is 8.06. The summed E-state index contributed by atoms with van der Waals surface area (Å²) in [5.41, 5.74) is 0. The molecule has 1 aliphatic rings. The van der Waals surface area contributed by atoms with Gasteiger partial charge >= 0.3 is 0 Å². The second-order valence-corrected chi connectivity index (χ2v) is 6.37. The van der Waals surface area contributed by atoms with Gasteiger partial charge in [0.25, 0.3) is 0 Å². The molecule has 0 aromatic carbocycles. The lowest BCUT2D eigenvalue weighted by atomic mass is 10.1. The van der Waals surface area contributed by atoms with Crippen molar-refractivity contribution >= 4 is 23.5 Å². The molecule has 1 aliphatic heterocycles. The third-order valence-electron chi connectivity index (χ3n) is 2.78. The topological polar surface area (TPSA) is 12.0 Å². The molecule has 1 N–H and O–H groups in total. The SMILES string of the molecule is CCCCCC(NC)C1CSCCS1. The minimum atomic E-state index is 0.749. The van der Waals surface area contributed by atoms with E-state index in [1.807, 2.05) is 0 Å². The predicted octanol–water partition coefficient (Wildman–Crippen LogP) is 3.00. The van der Waals surface area contributed by atoms with E-state index in [4.69, 9.17) is 0 Å². The van der Waals surface area contributed by atoms with Gasteiger partial charge in [-0.25, -0.2) is 0 Å². The second kappa shape index (κ2) is 7.89. The molecule has 0 aromatic rings. The van der Waals surface area contributed by atoms with E-state index in [1.165, 1.54) is 42.9 Å². The average Bonchev–Trinajstić information content (AvgIpc) is 2.26. The predicted molar refractivity (Wildman–Crippen MR) is 70.6 cm³/mol. The van der Waals surface area contributed by atoms with E-state index in [0.717, 1.165) is 11.3 Å². The van der Waals surface area contributed by atoms with Crippen molar-refractivity contribution in [1.29, 1.82) is 0 Å². The van der Waals surface area contributed by atoms with Crippen LogP contribution in [-0.4, -0.2) is 35.6 Å². The smallest absolute Gasteiger partial charge is 0.0291 e. The maximum Gasteiger partial charge on any atom is 0.0291 e. The zero-order chi connectivity index (χ0) is 10.2. The molecule has 0 aliphatic carbocycles. The molecular weight excluding hydrogens is 210 g/mol. The summed E-state index contributed by atoms with van der Waals surface area (Å²) in [4.78, 5) is 0. The standard InChI is InChI=1S/C11H23NS2/c1-3-4-5-6-10(12-2)11-9-13-7-8-14-11/h10-12H,3-9H2,1-2H3. The lowest BCUT2D eigenvalue weighted by Gasteiger charge is -2.29. The van der Waals surface area contributed by atoms with Gasteiger partial charge in [-0.15, -0.1) is 0 Å². The van der Waals surface area contributed by atoms with E-state index >= 15 is 0 Å². The molecule has 0 bridgehead atoms. The van der Waals surface area contributed by atoms with Gasteiger partial charge in [0.05, 0.1) is 0 Å². The van der Waals surface area contributed by atoms with Crippen molar-refractivity contribution in [2.75, 3.05) is 24.3 Å². The number of nitrogens with one attached hydrogen (secondary N) is 1. The van der Waals surface area contributed by atoms with Crippen LogP contribution in [0, 0.1) is 0 Å². The number of rotatable bonds is 6. The van der Waals surface area contributed by atoms with Crippen LogP contribution in [0.4, 0.5) is 0 Å². The normalized spacial score (nSPS) is 24.9. The number of hydrogen-bond acceptors (Lipinski definition) is 3. The molecule has 0 aromatic heterocycles. The first kappa shape index (κ1) is 12.7. The summed E-state index contributed by atoms with van der Waals surface area (Å²) in [5, 5.41) is 4.35. The highest BCUT2D eigenvalue weighted by Crippen LogP contribution is 2.28. The van der Waals surface area contributed by atoms with Gasteiger partial charge in [-0.05, 0) is 13.5 Å². The minimum Gasteiger partial charge on any atom is -0.316 e. The average molecular weight is 233 g/mol.